The van der Waals surface area contributed by atoms with E-state index in [0.717, 1.165) is 11.1 Å². The Labute approximate surface area is 129 Å². The molecule has 2 aromatic carbocycles. The molecule has 0 saturated heterocycles. The van der Waals surface area contributed by atoms with Gasteiger partial charge in [0.15, 0.2) is 0 Å². The van der Waals surface area contributed by atoms with Crippen LogP contribution in [0.3, 0.4) is 0 Å². The summed E-state index contributed by atoms with van der Waals surface area (Å²) >= 11 is 12.3. The van der Waals surface area contributed by atoms with E-state index in [9.17, 15) is 0 Å². The second-order valence-electron chi connectivity index (χ2n) is 4.98. The molecule has 0 radical (unpaired) electrons. The maximum Gasteiger partial charge on any atom is 0.0624 e. The predicted octanol–water partition coefficient (Wildman–Crippen LogP) is 4.36. The molecule has 0 saturated carbocycles. The van der Waals surface area contributed by atoms with Crippen LogP contribution in [0.5, 0.6) is 0 Å². The Kier molecular flexibility index (Phi) is 5.06. The van der Waals surface area contributed by atoms with Gasteiger partial charge >= 0.3 is 0 Å². The molecule has 2 rings (SSSR count). The average molecular weight is 309 g/mol. The monoisotopic (exact) mass is 308 g/mol. The fourth-order valence-electron chi connectivity index (χ4n) is 2.18. The van der Waals surface area contributed by atoms with Crippen molar-refractivity contribution in [2.75, 3.05) is 0 Å². The number of nitrogens with one attached hydrogen (secondary N) is 1. The predicted molar refractivity (Wildman–Crippen MR) is 86.1 cm³/mol. The molecular weight excluding hydrogens is 291 g/mol. The van der Waals surface area contributed by atoms with Gasteiger partial charge in [0.1, 0.15) is 0 Å². The van der Waals surface area contributed by atoms with Crippen LogP contribution in [0.25, 0.3) is 0 Å². The van der Waals surface area contributed by atoms with Gasteiger partial charge in [0, 0.05) is 0 Å². The van der Waals surface area contributed by atoms with E-state index in [-0.39, 0.29) is 6.04 Å². The maximum atomic E-state index is 6.24. The molecule has 0 aliphatic carbocycles. The number of hydrogen-bond donors (Lipinski definition) is 2. The molecule has 0 heterocycles. The molecule has 0 aromatic heterocycles. The third-order valence-electron chi connectivity index (χ3n) is 3.59. The highest BCUT2D eigenvalue weighted by atomic mass is 35.5. The Bertz CT molecular complexity index is 611. The SMILES string of the molecule is Cc1ccc(C(Cc2cccc(Cl)c2Cl)NN)cc1C. The van der Waals surface area contributed by atoms with Crippen molar-refractivity contribution in [3.8, 4) is 0 Å². The van der Waals surface area contributed by atoms with Crippen LogP contribution < -0.4 is 11.3 Å². The second kappa shape index (κ2) is 6.59. The van der Waals surface area contributed by atoms with Gasteiger partial charge in [0.2, 0.25) is 0 Å². The lowest BCUT2D eigenvalue weighted by atomic mass is 9.96. The molecule has 3 N–H and O–H groups in total. The standard InChI is InChI=1S/C16H18Cl2N2/c1-10-6-7-12(8-11(10)2)15(20-19)9-13-4-3-5-14(17)16(13)18/h3-8,15,20H,9,19H2,1-2H3. The second-order valence-corrected chi connectivity index (χ2v) is 5.77. The van der Waals surface area contributed by atoms with Crippen LogP contribution in [0.15, 0.2) is 36.4 Å². The number of hydrogen-bond acceptors (Lipinski definition) is 2. The van der Waals surface area contributed by atoms with Crippen LogP contribution in [0.1, 0.15) is 28.3 Å². The van der Waals surface area contributed by atoms with E-state index < -0.39 is 0 Å². The zero-order chi connectivity index (χ0) is 14.7. The van der Waals surface area contributed by atoms with E-state index in [1.807, 2.05) is 12.1 Å². The van der Waals surface area contributed by atoms with Gasteiger partial charge in [0.05, 0.1) is 16.1 Å². The summed E-state index contributed by atoms with van der Waals surface area (Å²) in [4.78, 5) is 0. The minimum atomic E-state index is 0.00488. The third-order valence-corrected chi connectivity index (χ3v) is 4.45. The molecule has 0 bridgehead atoms. The topological polar surface area (TPSA) is 38.0 Å². The first-order valence-corrected chi connectivity index (χ1v) is 7.24. The van der Waals surface area contributed by atoms with Crippen LogP contribution in [0.2, 0.25) is 10.0 Å². The van der Waals surface area contributed by atoms with E-state index in [2.05, 4.69) is 37.5 Å². The molecule has 0 amide bonds. The molecule has 20 heavy (non-hydrogen) atoms. The zero-order valence-corrected chi connectivity index (χ0v) is 13.1. The first kappa shape index (κ1) is 15.3. The maximum absolute atomic E-state index is 6.24. The minimum absolute atomic E-state index is 0.00488. The summed E-state index contributed by atoms with van der Waals surface area (Å²) < 4.78 is 0. The van der Waals surface area contributed by atoms with Crippen LogP contribution in [-0.2, 0) is 6.42 Å². The fourth-order valence-corrected chi connectivity index (χ4v) is 2.58. The van der Waals surface area contributed by atoms with Gasteiger partial charge in [-0.2, -0.15) is 0 Å². The van der Waals surface area contributed by atoms with Gasteiger partial charge in [-0.3, -0.25) is 11.3 Å². The van der Waals surface area contributed by atoms with E-state index in [1.54, 1.807) is 6.07 Å². The quantitative estimate of drug-likeness (QED) is 0.650. The number of halogens is 2. The molecule has 106 valence electrons. The van der Waals surface area contributed by atoms with Gasteiger partial charge in [0.25, 0.3) is 0 Å². The van der Waals surface area contributed by atoms with Crippen molar-refractivity contribution in [3.63, 3.8) is 0 Å². The van der Waals surface area contributed by atoms with Crippen molar-refractivity contribution in [3.05, 3.63) is 68.7 Å². The van der Waals surface area contributed by atoms with Gasteiger partial charge in [-0.05, 0) is 48.6 Å². The van der Waals surface area contributed by atoms with Gasteiger partial charge in [-0.25, -0.2) is 0 Å². The molecule has 2 aromatic rings. The summed E-state index contributed by atoms with van der Waals surface area (Å²) in [7, 11) is 0. The zero-order valence-electron chi connectivity index (χ0n) is 11.6. The molecule has 2 nitrogen and oxygen atoms in total. The van der Waals surface area contributed by atoms with Crippen molar-refractivity contribution in [2.24, 2.45) is 5.84 Å². The van der Waals surface area contributed by atoms with E-state index in [4.69, 9.17) is 29.0 Å². The van der Waals surface area contributed by atoms with E-state index in [0.29, 0.717) is 16.5 Å². The lowest BCUT2D eigenvalue weighted by Crippen LogP contribution is -2.29. The van der Waals surface area contributed by atoms with Crippen molar-refractivity contribution in [2.45, 2.75) is 26.3 Å². The van der Waals surface area contributed by atoms with Crippen molar-refractivity contribution in [1.29, 1.82) is 0 Å². The summed E-state index contributed by atoms with van der Waals surface area (Å²) in [5.41, 5.74) is 7.51. The molecular formula is C16H18Cl2N2. The van der Waals surface area contributed by atoms with Crippen LogP contribution in [-0.4, -0.2) is 0 Å². The lowest BCUT2D eigenvalue weighted by Gasteiger charge is -2.18. The van der Waals surface area contributed by atoms with E-state index >= 15 is 0 Å². The fraction of sp³-hybridized carbons (Fsp3) is 0.250. The summed E-state index contributed by atoms with van der Waals surface area (Å²) in [5.74, 6) is 5.70. The number of benzene rings is 2. The summed E-state index contributed by atoms with van der Waals surface area (Å²) in [5, 5.41) is 1.17. The van der Waals surface area contributed by atoms with E-state index in [1.165, 1.54) is 11.1 Å². The number of aryl methyl sites for hydroxylation is 2. The van der Waals surface area contributed by atoms with Crippen molar-refractivity contribution >= 4 is 23.2 Å². The Hall–Kier alpha value is -1.06. The number of hydrazine groups is 1. The normalized spacial score (nSPS) is 12.4. The van der Waals surface area contributed by atoms with Crippen LogP contribution in [0.4, 0.5) is 0 Å². The lowest BCUT2D eigenvalue weighted by molar-refractivity contribution is 0.551. The minimum Gasteiger partial charge on any atom is -0.271 e. The van der Waals surface area contributed by atoms with Crippen LogP contribution >= 0.6 is 23.2 Å². The van der Waals surface area contributed by atoms with Crippen molar-refractivity contribution in [1.82, 2.24) is 5.43 Å². The van der Waals surface area contributed by atoms with Crippen LogP contribution in [0, 0.1) is 13.8 Å². The number of nitrogens with two attached hydrogens (primary N) is 1. The average Bonchev–Trinajstić information content (AvgIpc) is 2.44. The van der Waals surface area contributed by atoms with Crippen molar-refractivity contribution < 1.29 is 0 Å². The third kappa shape index (κ3) is 3.33. The molecule has 0 aliphatic rings. The molecule has 1 atom stereocenters. The molecule has 0 fully saturated rings. The molecule has 0 aliphatic heterocycles. The molecule has 4 heteroatoms. The highest BCUT2D eigenvalue weighted by Gasteiger charge is 2.14. The summed E-state index contributed by atoms with van der Waals surface area (Å²) in [6, 6.07) is 12.0. The first-order valence-electron chi connectivity index (χ1n) is 6.49. The Morgan fingerprint density at radius 2 is 1.85 bits per heavy atom. The molecule has 0 spiro atoms. The molecule has 1 unspecified atom stereocenters. The van der Waals surface area contributed by atoms with Gasteiger partial charge in [-0.15, -0.1) is 0 Å². The Morgan fingerprint density at radius 3 is 2.50 bits per heavy atom. The van der Waals surface area contributed by atoms with Gasteiger partial charge in [-0.1, -0.05) is 53.5 Å². The Morgan fingerprint density at radius 1 is 1.10 bits per heavy atom. The largest absolute Gasteiger partial charge is 0.271 e. The smallest absolute Gasteiger partial charge is 0.0624 e. The summed E-state index contributed by atoms with van der Waals surface area (Å²) in [6.45, 7) is 4.19. The highest BCUT2D eigenvalue weighted by molar-refractivity contribution is 6.42. The Balaban J connectivity index is 2.28. The first-order chi connectivity index (χ1) is 9.52. The van der Waals surface area contributed by atoms with Gasteiger partial charge < -0.3 is 0 Å². The number of rotatable bonds is 4. The summed E-state index contributed by atoms with van der Waals surface area (Å²) in [6.07, 6.45) is 0.693. The highest BCUT2D eigenvalue weighted by Crippen LogP contribution is 2.29.